The number of fused-ring (bicyclic) bond motifs is 1. The van der Waals surface area contributed by atoms with Gasteiger partial charge in [0.2, 0.25) is 15.9 Å². The monoisotopic (exact) mass is 710 g/mol. The van der Waals surface area contributed by atoms with Crippen LogP contribution in [0.2, 0.25) is 0 Å². The Morgan fingerprint density at radius 1 is 0.980 bits per heavy atom. The quantitative estimate of drug-likeness (QED) is 0.135. The third kappa shape index (κ3) is 9.55. The maximum atomic E-state index is 14.2. The summed E-state index contributed by atoms with van der Waals surface area (Å²) in [5.41, 5.74) is 1.13. The topological polar surface area (TPSA) is 154 Å². The van der Waals surface area contributed by atoms with Crippen molar-refractivity contribution in [1.82, 2.24) is 15.4 Å². The summed E-state index contributed by atoms with van der Waals surface area (Å²) < 4.78 is 37.6. The minimum absolute atomic E-state index is 0.0450. The number of benzene rings is 3. The highest BCUT2D eigenvalue weighted by molar-refractivity contribution is 7.98. The minimum Gasteiger partial charge on any atom is -0.483 e. The first-order chi connectivity index (χ1) is 23.4. The number of hydrogen-bond acceptors (Lipinski definition) is 8. The molecule has 0 aromatic heterocycles. The van der Waals surface area contributed by atoms with Crippen LogP contribution in [0.1, 0.15) is 70.9 Å². The Morgan fingerprint density at radius 2 is 1.59 bits per heavy atom. The van der Waals surface area contributed by atoms with Crippen LogP contribution in [0.3, 0.4) is 0 Å². The number of aliphatic carboxylic acids is 1. The highest BCUT2D eigenvalue weighted by Gasteiger charge is 2.42. The van der Waals surface area contributed by atoms with Gasteiger partial charge in [-0.15, -0.1) is 11.8 Å². The molecule has 2 atom stereocenters. The molecule has 1 unspecified atom stereocenters. The lowest BCUT2D eigenvalue weighted by molar-refractivity contribution is -0.141. The van der Waals surface area contributed by atoms with E-state index in [9.17, 15) is 27.9 Å². The minimum atomic E-state index is -4.04. The molecule has 0 bridgehead atoms. The average molecular weight is 711 g/mol. The van der Waals surface area contributed by atoms with Crippen molar-refractivity contribution < 1.29 is 32.6 Å². The molecular weight excluding hydrogens is 665 g/mol. The van der Waals surface area contributed by atoms with Crippen molar-refractivity contribution in [2.45, 2.75) is 86.7 Å². The van der Waals surface area contributed by atoms with Gasteiger partial charge in [0.25, 0.3) is 5.91 Å². The second-order valence-corrected chi connectivity index (χ2v) is 14.8. The number of unbranched alkanes of at least 4 members (excludes halogenated alkanes) is 2. The Kier molecular flexibility index (Phi) is 13.1. The summed E-state index contributed by atoms with van der Waals surface area (Å²) in [6, 6.07) is 19.1. The molecule has 1 aliphatic heterocycles. The first-order valence-electron chi connectivity index (χ1n) is 16.5. The van der Waals surface area contributed by atoms with E-state index < -0.39 is 52.0 Å². The molecule has 4 N–H and O–H groups in total. The number of hydrogen-bond donors (Lipinski definition) is 4. The standard InChI is InChI=1S/C36H46N4O7S2/c1-5-7-19-36(20-8-6-2)24-40(27-17-13-10-14-18-27)28-21-30(48-4)29(22-31(28)49(45,46)39-36)47-23-32(41)38-33(26-15-11-9-12-16-26)34(42)37-25(3)35(43)44/h9-18,21-22,25,33,39H,5-8,19-20,23-24H2,1-4H3,(H,37,42)(H,38,41)(H,43,44)/t25-,33?/m0/s1. The van der Waals surface area contributed by atoms with Gasteiger partial charge in [-0.05, 0) is 49.8 Å². The lowest BCUT2D eigenvalue weighted by Crippen LogP contribution is -2.53. The zero-order valence-corrected chi connectivity index (χ0v) is 30.0. The number of nitrogens with one attached hydrogen (secondary N) is 3. The van der Waals surface area contributed by atoms with Gasteiger partial charge in [0.05, 0.1) is 16.1 Å². The van der Waals surface area contributed by atoms with Gasteiger partial charge in [-0.3, -0.25) is 14.4 Å². The lowest BCUT2D eigenvalue weighted by Gasteiger charge is -2.37. The predicted octanol–water partition coefficient (Wildman–Crippen LogP) is 5.78. The highest BCUT2D eigenvalue weighted by atomic mass is 32.2. The third-order valence-electron chi connectivity index (χ3n) is 8.51. The number of carboxylic acid groups (broad SMARTS) is 1. The van der Waals surface area contributed by atoms with Crippen LogP contribution in [0.5, 0.6) is 5.75 Å². The van der Waals surface area contributed by atoms with E-state index in [0.717, 1.165) is 31.4 Å². The Bertz CT molecular complexity index is 1700. The van der Waals surface area contributed by atoms with Crippen LogP contribution < -0.4 is 25.0 Å². The van der Waals surface area contributed by atoms with E-state index in [2.05, 4.69) is 34.1 Å². The van der Waals surface area contributed by atoms with Crippen LogP contribution in [0.15, 0.2) is 82.6 Å². The number of amides is 2. The second kappa shape index (κ2) is 17.0. The molecule has 49 heavy (non-hydrogen) atoms. The van der Waals surface area contributed by atoms with E-state index in [1.165, 1.54) is 24.8 Å². The number of nitrogens with zero attached hydrogens (tertiary/aromatic N) is 1. The molecule has 13 heteroatoms. The van der Waals surface area contributed by atoms with Gasteiger partial charge in [-0.1, -0.05) is 88.1 Å². The Hall–Kier alpha value is -4.07. The summed E-state index contributed by atoms with van der Waals surface area (Å²) in [6.07, 6.45) is 6.79. The molecule has 1 heterocycles. The van der Waals surface area contributed by atoms with Crippen molar-refractivity contribution in [3.05, 3.63) is 78.4 Å². The molecule has 0 saturated heterocycles. The number of carbonyl (C=O) groups is 3. The van der Waals surface area contributed by atoms with Crippen LogP contribution in [-0.4, -0.2) is 62.3 Å². The molecule has 11 nitrogen and oxygen atoms in total. The van der Waals surface area contributed by atoms with Crippen molar-refractivity contribution in [1.29, 1.82) is 0 Å². The zero-order valence-electron chi connectivity index (χ0n) is 28.4. The van der Waals surface area contributed by atoms with Gasteiger partial charge >= 0.3 is 5.97 Å². The van der Waals surface area contributed by atoms with Gasteiger partial charge in [-0.2, -0.15) is 0 Å². The second-order valence-electron chi connectivity index (χ2n) is 12.3. The van der Waals surface area contributed by atoms with Crippen molar-refractivity contribution in [2.24, 2.45) is 0 Å². The largest absolute Gasteiger partial charge is 0.483 e. The van der Waals surface area contributed by atoms with E-state index in [1.54, 1.807) is 36.4 Å². The van der Waals surface area contributed by atoms with Crippen molar-refractivity contribution >= 4 is 50.9 Å². The summed E-state index contributed by atoms with van der Waals surface area (Å²) in [7, 11) is -4.04. The number of anilines is 2. The molecule has 2 amide bonds. The molecule has 3 aromatic rings. The predicted molar refractivity (Wildman–Crippen MR) is 192 cm³/mol. The van der Waals surface area contributed by atoms with Gasteiger partial charge in [0.15, 0.2) is 6.61 Å². The number of ether oxygens (including phenoxy) is 1. The first kappa shape index (κ1) is 37.7. The van der Waals surface area contributed by atoms with Crippen LogP contribution in [0.4, 0.5) is 11.4 Å². The maximum absolute atomic E-state index is 14.2. The summed E-state index contributed by atoms with van der Waals surface area (Å²) in [6.45, 7) is 5.44. The molecule has 0 aliphatic carbocycles. The molecule has 0 saturated carbocycles. The number of sulfonamides is 1. The molecule has 3 aromatic carbocycles. The van der Waals surface area contributed by atoms with Crippen molar-refractivity contribution in [2.75, 3.05) is 24.3 Å². The van der Waals surface area contributed by atoms with Crippen LogP contribution >= 0.6 is 11.8 Å². The third-order valence-corrected chi connectivity index (χ3v) is 10.9. The Morgan fingerprint density at radius 3 is 2.16 bits per heavy atom. The fourth-order valence-corrected chi connectivity index (χ4v) is 8.10. The Labute approximate surface area is 293 Å². The van der Waals surface area contributed by atoms with E-state index in [1.807, 2.05) is 36.6 Å². The molecule has 264 valence electrons. The number of thioether (sulfide) groups is 1. The molecular formula is C36H46N4O7S2. The molecule has 0 spiro atoms. The summed E-state index contributed by atoms with van der Waals surface area (Å²) >= 11 is 1.36. The number of carboxylic acids is 1. The number of rotatable bonds is 16. The summed E-state index contributed by atoms with van der Waals surface area (Å²) in [5, 5.41) is 14.3. The SMILES string of the molecule is CCCCC1(CCCC)CN(c2ccccc2)c2cc(SC)c(OCC(=O)NC(C(=O)N[C@@H](C)C(=O)O)c3ccccc3)cc2S(=O)(=O)N1. The fraction of sp³-hybridized carbons (Fsp3) is 0.417. The van der Waals surface area contributed by atoms with Crippen LogP contribution in [0.25, 0.3) is 0 Å². The molecule has 1 aliphatic rings. The van der Waals surface area contributed by atoms with Gasteiger partial charge in [0.1, 0.15) is 22.7 Å². The molecule has 0 fully saturated rings. The molecule has 0 radical (unpaired) electrons. The van der Waals surface area contributed by atoms with E-state index in [4.69, 9.17) is 4.74 Å². The summed E-state index contributed by atoms with van der Waals surface area (Å²) in [5.74, 6) is -2.36. The summed E-state index contributed by atoms with van der Waals surface area (Å²) in [4.78, 5) is 40.4. The van der Waals surface area contributed by atoms with Gasteiger partial charge in [-0.25, -0.2) is 13.1 Å². The van der Waals surface area contributed by atoms with E-state index in [-0.39, 0.29) is 10.6 Å². The number of carbonyl (C=O) groups excluding carboxylic acids is 2. The average Bonchev–Trinajstić information content (AvgIpc) is 3.19. The maximum Gasteiger partial charge on any atom is 0.325 e. The normalized spacial score (nSPS) is 16.0. The molecule has 4 rings (SSSR count). The van der Waals surface area contributed by atoms with Crippen molar-refractivity contribution in [3.63, 3.8) is 0 Å². The van der Waals surface area contributed by atoms with Gasteiger partial charge < -0.3 is 25.4 Å². The first-order valence-corrected chi connectivity index (χ1v) is 19.2. The Balaban J connectivity index is 1.68. The van der Waals surface area contributed by atoms with Crippen molar-refractivity contribution in [3.8, 4) is 5.75 Å². The lowest BCUT2D eigenvalue weighted by atomic mass is 9.87. The number of para-hydroxylation sites is 1. The van der Waals surface area contributed by atoms with Crippen LogP contribution in [-0.2, 0) is 24.4 Å². The van der Waals surface area contributed by atoms with Gasteiger partial charge in [0, 0.05) is 18.3 Å². The van der Waals surface area contributed by atoms with E-state index in [0.29, 0.717) is 35.5 Å². The highest BCUT2D eigenvalue weighted by Crippen LogP contribution is 2.44. The van der Waals surface area contributed by atoms with E-state index >= 15 is 0 Å². The zero-order chi connectivity index (χ0) is 35.6. The smallest absolute Gasteiger partial charge is 0.325 e. The fourth-order valence-electron chi connectivity index (χ4n) is 5.89. The van der Waals surface area contributed by atoms with Crippen LogP contribution in [0, 0.1) is 0 Å².